The first kappa shape index (κ1) is 38.9. The number of pyridine rings is 1. The Labute approximate surface area is 337 Å². The average Bonchev–Trinajstić information content (AvgIpc) is 3.92. The third-order valence-electron chi connectivity index (χ3n) is 13.4. The highest BCUT2D eigenvalue weighted by molar-refractivity contribution is 6.09. The molecule has 0 atom stereocenters. The van der Waals surface area contributed by atoms with Crippen molar-refractivity contribution in [2.45, 2.75) is 136 Å². The maximum absolute atomic E-state index is 14.9. The lowest BCUT2D eigenvalue weighted by Crippen LogP contribution is -2.51. The lowest BCUT2D eigenvalue weighted by atomic mass is 9.73. The van der Waals surface area contributed by atoms with Crippen LogP contribution in [-0.2, 0) is 16.8 Å². The number of carbonyl (C=O) groups is 2. The smallest absolute Gasteiger partial charge is 0.257 e. The summed E-state index contributed by atoms with van der Waals surface area (Å²) >= 11 is 0. The SMILES string of the molecule is CCC(CC)N1C(=O)C2(CCN(C(=O)c3cnn(CC4CCCCC4)c3)CC2)c2ccc(-c3cc4ncn(C(C)C)c4c(-c4cc(C)c(C(C)C)cc4N)n3)cc21. The van der Waals surface area contributed by atoms with Crippen LogP contribution in [0.4, 0.5) is 11.4 Å². The van der Waals surface area contributed by atoms with Crippen molar-refractivity contribution in [2.75, 3.05) is 23.7 Å². The third-order valence-corrected chi connectivity index (χ3v) is 13.4. The Kier molecular flexibility index (Phi) is 10.5. The lowest BCUT2D eigenvalue weighted by Gasteiger charge is -2.39. The van der Waals surface area contributed by atoms with Crippen molar-refractivity contribution in [1.82, 2.24) is 29.2 Å². The second-order valence-corrected chi connectivity index (χ2v) is 17.6. The molecule has 2 aromatic carbocycles. The van der Waals surface area contributed by atoms with Crippen LogP contribution >= 0.6 is 0 Å². The van der Waals surface area contributed by atoms with Crippen LogP contribution in [0.15, 0.2) is 55.1 Å². The van der Waals surface area contributed by atoms with Crippen LogP contribution in [0.1, 0.15) is 138 Å². The summed E-state index contributed by atoms with van der Waals surface area (Å²) in [7, 11) is 0. The number of benzene rings is 2. The lowest BCUT2D eigenvalue weighted by molar-refractivity contribution is -0.125. The van der Waals surface area contributed by atoms with E-state index in [0.29, 0.717) is 49.0 Å². The summed E-state index contributed by atoms with van der Waals surface area (Å²) < 4.78 is 4.13. The van der Waals surface area contributed by atoms with E-state index >= 15 is 0 Å². The number of hydrogen-bond acceptors (Lipinski definition) is 6. The number of hydrogen-bond donors (Lipinski definition) is 1. The first-order valence-electron chi connectivity index (χ1n) is 21.5. The monoisotopic (exact) mass is 768 g/mol. The summed E-state index contributed by atoms with van der Waals surface area (Å²) in [5.41, 5.74) is 17.2. The van der Waals surface area contributed by atoms with Gasteiger partial charge in [0.1, 0.15) is 0 Å². The van der Waals surface area contributed by atoms with E-state index in [2.05, 4.69) is 99.4 Å². The number of imidazole rings is 1. The number of nitrogens with zero attached hydrogens (tertiary/aromatic N) is 7. The quantitative estimate of drug-likeness (QED) is 0.142. The molecule has 3 aromatic heterocycles. The van der Waals surface area contributed by atoms with Gasteiger partial charge in [0, 0.05) is 60.4 Å². The van der Waals surface area contributed by atoms with Crippen LogP contribution in [0.5, 0.6) is 0 Å². The molecule has 2 amide bonds. The predicted octanol–water partition coefficient (Wildman–Crippen LogP) is 9.85. The van der Waals surface area contributed by atoms with Gasteiger partial charge in [0.05, 0.1) is 45.9 Å². The Hall–Kier alpha value is -4.99. The molecule has 0 radical (unpaired) electrons. The summed E-state index contributed by atoms with van der Waals surface area (Å²) in [5.74, 6) is 1.15. The molecule has 0 unspecified atom stereocenters. The van der Waals surface area contributed by atoms with Gasteiger partial charge in [-0.15, -0.1) is 0 Å². The standard InChI is InChI=1S/C47H60N8O2/c1-8-35(9-2)55-42-22-33(40-24-41-44(54(28-49-41)30(5)6)43(51-40)37-21-31(7)36(29(3)4)23-39(37)48)15-16-38(42)47(46(55)57)17-19-52(20-18-47)45(56)34-25-50-53(27-34)26-32-13-11-10-12-14-32/h15-16,21-25,27-30,32,35H,8-14,17-20,26,48H2,1-7H3. The highest BCUT2D eigenvalue weighted by atomic mass is 16.2. The second-order valence-electron chi connectivity index (χ2n) is 17.6. The zero-order chi connectivity index (χ0) is 40.2. The number of likely N-dealkylation sites (tertiary alicyclic amines) is 1. The summed E-state index contributed by atoms with van der Waals surface area (Å²) in [6.45, 7) is 17.1. The molecule has 1 spiro atoms. The topological polar surface area (TPSA) is 115 Å². The van der Waals surface area contributed by atoms with E-state index in [4.69, 9.17) is 15.7 Å². The van der Waals surface area contributed by atoms with E-state index in [0.717, 1.165) is 64.2 Å². The maximum Gasteiger partial charge on any atom is 0.257 e. The molecule has 1 saturated heterocycles. The summed E-state index contributed by atoms with van der Waals surface area (Å²) in [4.78, 5) is 43.0. The molecule has 2 aliphatic heterocycles. The number of amides is 2. The van der Waals surface area contributed by atoms with Gasteiger partial charge in [-0.25, -0.2) is 9.97 Å². The van der Waals surface area contributed by atoms with E-state index in [1.807, 2.05) is 22.1 Å². The molecule has 1 aliphatic carbocycles. The fourth-order valence-corrected chi connectivity index (χ4v) is 10.1. The second kappa shape index (κ2) is 15.4. The average molecular weight is 769 g/mol. The zero-order valence-electron chi connectivity index (χ0n) is 35.0. The molecule has 2 fully saturated rings. The summed E-state index contributed by atoms with van der Waals surface area (Å²) in [6, 6.07) is 13.0. The van der Waals surface area contributed by atoms with E-state index in [-0.39, 0.29) is 23.9 Å². The van der Waals surface area contributed by atoms with Gasteiger partial charge in [-0.2, -0.15) is 5.10 Å². The van der Waals surface area contributed by atoms with Gasteiger partial charge < -0.3 is 20.1 Å². The van der Waals surface area contributed by atoms with Gasteiger partial charge in [0.15, 0.2) is 0 Å². The molecule has 5 aromatic rings. The normalized spacial score (nSPS) is 17.3. The van der Waals surface area contributed by atoms with Crippen molar-refractivity contribution < 1.29 is 9.59 Å². The molecule has 57 heavy (non-hydrogen) atoms. The molecular weight excluding hydrogens is 709 g/mol. The fraction of sp³-hybridized carbons (Fsp3) is 0.511. The van der Waals surface area contributed by atoms with Gasteiger partial charge in [-0.05, 0) is 112 Å². The summed E-state index contributed by atoms with van der Waals surface area (Å²) in [6.07, 6.45) is 14.8. The summed E-state index contributed by atoms with van der Waals surface area (Å²) in [5, 5.41) is 4.58. The number of piperidine rings is 1. The van der Waals surface area contributed by atoms with Crippen molar-refractivity contribution in [3.05, 3.63) is 77.4 Å². The molecule has 0 bridgehead atoms. The van der Waals surface area contributed by atoms with Crippen LogP contribution < -0.4 is 10.6 Å². The van der Waals surface area contributed by atoms with Gasteiger partial charge in [0.25, 0.3) is 5.91 Å². The molecule has 300 valence electrons. The van der Waals surface area contributed by atoms with Crippen molar-refractivity contribution in [3.63, 3.8) is 0 Å². The molecule has 8 rings (SSSR count). The highest BCUT2D eigenvalue weighted by Crippen LogP contribution is 2.51. The Morgan fingerprint density at radius 3 is 2.40 bits per heavy atom. The van der Waals surface area contributed by atoms with Crippen LogP contribution in [-0.4, -0.2) is 60.2 Å². The number of nitrogens with two attached hydrogens (primary N) is 1. The first-order valence-corrected chi connectivity index (χ1v) is 21.5. The number of anilines is 2. The highest BCUT2D eigenvalue weighted by Gasteiger charge is 2.53. The molecule has 5 heterocycles. The van der Waals surface area contributed by atoms with Crippen LogP contribution in [0, 0.1) is 12.8 Å². The van der Waals surface area contributed by atoms with E-state index in [9.17, 15) is 9.59 Å². The zero-order valence-corrected chi connectivity index (χ0v) is 35.0. The van der Waals surface area contributed by atoms with E-state index in [1.165, 1.54) is 43.2 Å². The maximum atomic E-state index is 14.9. The van der Waals surface area contributed by atoms with Crippen molar-refractivity contribution in [3.8, 4) is 22.5 Å². The molecule has 10 heteroatoms. The van der Waals surface area contributed by atoms with Crippen molar-refractivity contribution in [2.24, 2.45) is 5.92 Å². The molecular formula is C47H60N8O2. The van der Waals surface area contributed by atoms with Crippen molar-refractivity contribution in [1.29, 1.82) is 0 Å². The molecule has 3 aliphatic rings. The number of nitrogen functional groups attached to an aromatic ring is 1. The third kappa shape index (κ3) is 6.82. The van der Waals surface area contributed by atoms with Crippen LogP contribution in [0.2, 0.25) is 0 Å². The van der Waals surface area contributed by atoms with Gasteiger partial charge in [0.2, 0.25) is 5.91 Å². The number of aryl methyl sites for hydroxylation is 1. The number of rotatable bonds is 10. The minimum atomic E-state index is -0.679. The Morgan fingerprint density at radius 1 is 0.982 bits per heavy atom. The largest absolute Gasteiger partial charge is 0.398 e. The van der Waals surface area contributed by atoms with E-state index < -0.39 is 5.41 Å². The number of carbonyl (C=O) groups excluding carboxylic acids is 2. The van der Waals surface area contributed by atoms with Crippen LogP contribution in [0.25, 0.3) is 33.5 Å². The Balaban J connectivity index is 1.14. The predicted molar refractivity (Wildman–Crippen MR) is 229 cm³/mol. The van der Waals surface area contributed by atoms with Gasteiger partial charge >= 0.3 is 0 Å². The van der Waals surface area contributed by atoms with Gasteiger partial charge in [-0.1, -0.05) is 59.1 Å². The Morgan fingerprint density at radius 2 is 1.72 bits per heavy atom. The number of fused-ring (bicyclic) bond motifs is 3. The van der Waals surface area contributed by atoms with Gasteiger partial charge in [-0.3, -0.25) is 14.3 Å². The molecule has 2 N–H and O–H groups in total. The first-order chi connectivity index (χ1) is 27.4. The molecule has 1 saturated carbocycles. The van der Waals surface area contributed by atoms with E-state index in [1.54, 1.807) is 6.20 Å². The fourth-order valence-electron chi connectivity index (χ4n) is 10.1. The minimum Gasteiger partial charge on any atom is -0.398 e. The Bertz CT molecular complexity index is 2300. The van der Waals surface area contributed by atoms with Crippen molar-refractivity contribution >= 4 is 34.2 Å². The molecule has 10 nitrogen and oxygen atoms in total. The number of aromatic nitrogens is 5. The van der Waals surface area contributed by atoms with Crippen LogP contribution in [0.3, 0.4) is 0 Å². The minimum absolute atomic E-state index is 0.00414.